The van der Waals surface area contributed by atoms with E-state index in [0.29, 0.717) is 0 Å². The summed E-state index contributed by atoms with van der Waals surface area (Å²) in [5.74, 6) is 0.0245. The molecule has 2 atom stereocenters. The summed E-state index contributed by atoms with van der Waals surface area (Å²) in [7, 11) is 2.20. The predicted octanol–water partition coefficient (Wildman–Crippen LogP) is 0.568. The van der Waals surface area contributed by atoms with Crippen molar-refractivity contribution in [2.75, 3.05) is 18.9 Å². The average Bonchev–Trinajstić information content (AvgIpc) is 2.85. The van der Waals surface area contributed by atoms with Crippen LogP contribution in [0, 0.1) is 0 Å². The fraction of sp³-hybridized carbons (Fsp3) is 0.333. The Kier molecular flexibility index (Phi) is 2.94. The first-order valence-electron chi connectivity index (χ1n) is 7.16. The van der Waals surface area contributed by atoms with E-state index in [4.69, 9.17) is 0 Å². The molecule has 0 saturated heterocycles. The van der Waals surface area contributed by atoms with Crippen molar-refractivity contribution in [1.29, 1.82) is 0 Å². The number of anilines is 1. The molecule has 1 unspecified atom stereocenters. The number of hydrogen-bond donors (Lipinski definition) is 3. The molecule has 4 rings (SSSR count). The number of carbonyl (C=O) groups excluding carboxylic acids is 1. The van der Waals surface area contributed by atoms with Crippen molar-refractivity contribution in [3.63, 3.8) is 0 Å². The monoisotopic (exact) mass is 301 g/mol. The smallest absolute Gasteiger partial charge is 0.256 e. The van der Waals surface area contributed by atoms with Crippen molar-refractivity contribution in [3.8, 4) is 0 Å². The van der Waals surface area contributed by atoms with Crippen LogP contribution in [-0.4, -0.2) is 24.5 Å². The van der Waals surface area contributed by atoms with Gasteiger partial charge in [-0.05, 0) is 17.7 Å². The number of quaternary nitrogens is 1. The normalized spacial score (nSPS) is 23.8. The molecule has 0 spiro atoms. The molecule has 2 aromatic heterocycles. The van der Waals surface area contributed by atoms with Gasteiger partial charge in [-0.15, -0.1) is 11.3 Å². The van der Waals surface area contributed by atoms with E-state index < -0.39 is 0 Å². The zero-order valence-corrected chi connectivity index (χ0v) is 12.6. The molecule has 2 aromatic rings. The minimum absolute atomic E-state index is 0.0245. The topological polar surface area (TPSA) is 58.5 Å². The minimum atomic E-state index is -0.239. The maximum absolute atomic E-state index is 12.5. The van der Waals surface area contributed by atoms with E-state index in [1.807, 2.05) is 18.2 Å². The molecule has 1 amide bonds. The Balaban J connectivity index is 1.71. The lowest BCUT2D eigenvalue weighted by Crippen LogP contribution is -3.08. The number of amides is 1. The molecule has 0 aliphatic carbocycles. The fourth-order valence-electron chi connectivity index (χ4n) is 3.03. The Morgan fingerprint density at radius 3 is 3.10 bits per heavy atom. The van der Waals surface area contributed by atoms with Crippen LogP contribution in [0.3, 0.4) is 0 Å². The molecule has 0 bridgehead atoms. The Hall–Kier alpha value is -1.92. The highest BCUT2D eigenvalue weighted by molar-refractivity contribution is 7.16. The largest absolute Gasteiger partial charge is 0.351 e. The Morgan fingerprint density at radius 1 is 1.38 bits per heavy atom. The number of hydrogen-bond acceptors (Lipinski definition) is 4. The first-order valence-corrected chi connectivity index (χ1v) is 7.98. The molecule has 0 aromatic carbocycles. The van der Waals surface area contributed by atoms with Crippen molar-refractivity contribution >= 4 is 22.2 Å². The van der Waals surface area contributed by atoms with Crippen LogP contribution >= 0.6 is 11.3 Å². The number of nitrogens with one attached hydrogen (secondary N) is 3. The Bertz CT molecular complexity index is 697. The number of likely N-dealkylation sites (N-methyl/N-ethyl adjacent to an activating group) is 1. The second-order valence-electron chi connectivity index (χ2n) is 5.65. The highest BCUT2D eigenvalue weighted by Gasteiger charge is 2.34. The summed E-state index contributed by atoms with van der Waals surface area (Å²) in [5.41, 5.74) is 2.94. The van der Waals surface area contributed by atoms with Gasteiger partial charge in [-0.3, -0.25) is 9.78 Å². The molecule has 108 valence electrons. The van der Waals surface area contributed by atoms with E-state index in [-0.39, 0.29) is 12.1 Å². The van der Waals surface area contributed by atoms with Crippen LogP contribution < -0.4 is 15.5 Å². The number of nitrogens with zero attached hydrogens (tertiary/aromatic N) is 1. The van der Waals surface area contributed by atoms with Crippen molar-refractivity contribution in [1.82, 2.24) is 10.3 Å². The van der Waals surface area contributed by atoms with Gasteiger partial charge in [0.2, 0.25) is 0 Å². The first-order chi connectivity index (χ1) is 10.2. The molecule has 21 heavy (non-hydrogen) atoms. The lowest BCUT2D eigenvalue weighted by atomic mass is 10.0. The number of thiophene rings is 1. The van der Waals surface area contributed by atoms with Crippen molar-refractivity contribution < 1.29 is 9.69 Å². The third kappa shape index (κ3) is 2.11. The van der Waals surface area contributed by atoms with Crippen LogP contribution in [-0.2, 0) is 13.0 Å². The van der Waals surface area contributed by atoms with Crippen molar-refractivity contribution in [3.05, 3.63) is 46.1 Å². The van der Waals surface area contributed by atoms with Crippen LogP contribution in [0.25, 0.3) is 0 Å². The SMILES string of the molecule is C[NH+]1CCc2c(sc3c2C(=O)N[C@@H](c2ccccn2)N3)C1. The van der Waals surface area contributed by atoms with E-state index in [1.165, 1.54) is 15.3 Å². The zero-order valence-electron chi connectivity index (χ0n) is 11.8. The maximum atomic E-state index is 12.5. The van der Waals surface area contributed by atoms with Gasteiger partial charge in [0.1, 0.15) is 17.7 Å². The number of aromatic nitrogens is 1. The van der Waals surface area contributed by atoms with E-state index >= 15 is 0 Å². The van der Waals surface area contributed by atoms with Gasteiger partial charge in [-0.2, -0.15) is 0 Å². The lowest BCUT2D eigenvalue weighted by molar-refractivity contribution is -0.895. The minimum Gasteiger partial charge on any atom is -0.351 e. The Labute approximate surface area is 127 Å². The molecule has 2 aliphatic heterocycles. The first kappa shape index (κ1) is 12.8. The molecule has 2 aliphatic rings. The number of fused-ring (bicyclic) bond motifs is 3. The summed E-state index contributed by atoms with van der Waals surface area (Å²) < 4.78 is 0. The van der Waals surface area contributed by atoms with Crippen LogP contribution in [0.1, 0.15) is 32.7 Å². The van der Waals surface area contributed by atoms with E-state index in [9.17, 15) is 4.79 Å². The molecule has 5 nitrogen and oxygen atoms in total. The van der Waals surface area contributed by atoms with Crippen LogP contribution in [0.5, 0.6) is 0 Å². The molecule has 3 N–H and O–H groups in total. The number of pyridine rings is 1. The third-order valence-corrected chi connectivity index (χ3v) is 5.28. The summed E-state index contributed by atoms with van der Waals surface area (Å²) in [4.78, 5) is 19.7. The highest BCUT2D eigenvalue weighted by atomic mass is 32.1. The molecule has 6 heteroatoms. The quantitative estimate of drug-likeness (QED) is 0.722. The lowest BCUT2D eigenvalue weighted by Gasteiger charge is -2.26. The Morgan fingerprint density at radius 2 is 2.29 bits per heavy atom. The van der Waals surface area contributed by atoms with Gasteiger partial charge >= 0.3 is 0 Å². The predicted molar refractivity (Wildman–Crippen MR) is 81.5 cm³/mol. The number of carbonyl (C=O) groups is 1. The summed E-state index contributed by atoms with van der Waals surface area (Å²) in [5, 5.41) is 7.45. The summed E-state index contributed by atoms with van der Waals surface area (Å²) >= 11 is 1.72. The van der Waals surface area contributed by atoms with E-state index in [0.717, 1.165) is 35.8 Å². The molecule has 4 heterocycles. The van der Waals surface area contributed by atoms with Gasteiger partial charge in [0.05, 0.1) is 29.7 Å². The second kappa shape index (κ2) is 4.82. The summed E-state index contributed by atoms with van der Waals surface area (Å²) in [6.07, 6.45) is 2.49. The van der Waals surface area contributed by atoms with Crippen LogP contribution in [0.2, 0.25) is 0 Å². The van der Waals surface area contributed by atoms with E-state index in [2.05, 4.69) is 22.7 Å². The van der Waals surface area contributed by atoms with Gasteiger partial charge < -0.3 is 15.5 Å². The third-order valence-electron chi connectivity index (χ3n) is 4.12. The molecular weight excluding hydrogens is 284 g/mol. The van der Waals surface area contributed by atoms with Crippen molar-refractivity contribution in [2.45, 2.75) is 19.1 Å². The molecule has 0 radical (unpaired) electrons. The van der Waals surface area contributed by atoms with E-state index in [1.54, 1.807) is 17.5 Å². The van der Waals surface area contributed by atoms with Crippen LogP contribution in [0.4, 0.5) is 5.00 Å². The molecule has 0 fully saturated rings. The maximum Gasteiger partial charge on any atom is 0.256 e. The van der Waals surface area contributed by atoms with Gasteiger partial charge in [-0.25, -0.2) is 0 Å². The molecular formula is C15H17N4OS+. The average molecular weight is 301 g/mol. The van der Waals surface area contributed by atoms with Gasteiger partial charge in [0, 0.05) is 12.6 Å². The molecule has 0 saturated carbocycles. The van der Waals surface area contributed by atoms with Gasteiger partial charge in [-0.1, -0.05) is 6.07 Å². The van der Waals surface area contributed by atoms with Crippen molar-refractivity contribution in [2.24, 2.45) is 0 Å². The highest BCUT2D eigenvalue weighted by Crippen LogP contribution is 2.38. The van der Waals surface area contributed by atoms with Crippen LogP contribution in [0.15, 0.2) is 24.4 Å². The van der Waals surface area contributed by atoms with Gasteiger partial charge in [0.15, 0.2) is 0 Å². The van der Waals surface area contributed by atoms with Gasteiger partial charge in [0.25, 0.3) is 5.91 Å². The number of rotatable bonds is 1. The second-order valence-corrected chi connectivity index (χ2v) is 6.75. The summed E-state index contributed by atoms with van der Waals surface area (Å²) in [6.45, 7) is 2.10. The standard InChI is InChI=1S/C15H16N4OS/c1-19-7-5-9-11(8-19)21-15-12(9)14(20)17-13(18-15)10-4-2-3-6-16-10/h2-4,6,13,18H,5,7-8H2,1H3,(H,17,20)/p+1/t13-/m1/s1. The summed E-state index contributed by atoms with van der Waals surface area (Å²) in [6, 6.07) is 5.74. The zero-order chi connectivity index (χ0) is 14.4. The fourth-order valence-corrected chi connectivity index (χ4v) is 4.41.